The van der Waals surface area contributed by atoms with Crippen molar-refractivity contribution in [3.8, 4) is 0 Å². The first kappa shape index (κ1) is 25.6. The average Bonchev–Trinajstić information content (AvgIpc) is 2.84. The van der Waals surface area contributed by atoms with Gasteiger partial charge in [-0.15, -0.1) is 0 Å². The summed E-state index contributed by atoms with van der Waals surface area (Å²) in [5.41, 5.74) is 9.41. The predicted molar refractivity (Wildman–Crippen MR) is 137 cm³/mol. The van der Waals surface area contributed by atoms with E-state index in [0.29, 0.717) is 18.8 Å². The lowest BCUT2D eigenvalue weighted by Crippen LogP contribution is -2.46. The van der Waals surface area contributed by atoms with Crippen molar-refractivity contribution in [2.24, 2.45) is 17.6 Å². The minimum Gasteiger partial charge on any atom is -0.402 e. The lowest BCUT2D eigenvalue weighted by Gasteiger charge is -2.37. The third-order valence-electron chi connectivity index (χ3n) is 6.65. The molecular formula is C28H38N4O2. The van der Waals surface area contributed by atoms with Gasteiger partial charge in [-0.25, -0.2) is 0 Å². The molecule has 2 aliphatic heterocycles. The zero-order chi connectivity index (χ0) is 24.5. The van der Waals surface area contributed by atoms with E-state index in [1.165, 1.54) is 0 Å². The number of amides is 1. The van der Waals surface area contributed by atoms with E-state index in [1.54, 1.807) is 12.3 Å². The second kappa shape index (κ2) is 12.5. The van der Waals surface area contributed by atoms with Crippen LogP contribution in [0.25, 0.3) is 0 Å². The van der Waals surface area contributed by atoms with Gasteiger partial charge in [0.2, 0.25) is 5.91 Å². The van der Waals surface area contributed by atoms with Crippen LogP contribution in [0.15, 0.2) is 66.6 Å². The maximum atomic E-state index is 13.1. The van der Waals surface area contributed by atoms with E-state index in [4.69, 9.17) is 5.73 Å². The van der Waals surface area contributed by atoms with Crippen LogP contribution >= 0.6 is 0 Å². The molecule has 3 rings (SSSR count). The second-order valence-corrected chi connectivity index (χ2v) is 9.49. The van der Waals surface area contributed by atoms with Crippen LogP contribution in [0.3, 0.4) is 0 Å². The van der Waals surface area contributed by atoms with Crippen molar-refractivity contribution in [2.45, 2.75) is 39.5 Å². The van der Waals surface area contributed by atoms with Gasteiger partial charge in [0.25, 0.3) is 0 Å². The molecule has 0 aromatic carbocycles. The quantitative estimate of drug-likeness (QED) is 0.466. The third kappa shape index (κ3) is 7.26. The average molecular weight is 463 g/mol. The smallest absolute Gasteiger partial charge is 0.225 e. The summed E-state index contributed by atoms with van der Waals surface area (Å²) in [7, 11) is 0. The molecule has 0 radical (unpaired) electrons. The Bertz CT molecular complexity index is 941. The van der Waals surface area contributed by atoms with E-state index in [0.717, 1.165) is 62.2 Å². The van der Waals surface area contributed by atoms with E-state index in [9.17, 15) is 9.59 Å². The molecule has 0 atom stereocenters. The fourth-order valence-corrected chi connectivity index (χ4v) is 4.74. The number of nitrogens with zero attached hydrogens (tertiary/aromatic N) is 3. The Hall–Kier alpha value is -2.99. The lowest BCUT2D eigenvalue weighted by molar-refractivity contribution is -0.138. The SMILES string of the molecule is C=C\C=C/C=C(\C=C(/C)N)CN1CCC(C(=O)N2CCC(C(=O)c3ccc(C)cn3)CC2)CC1. The molecule has 0 bridgehead atoms. The molecule has 1 aromatic heterocycles. The molecule has 6 heteroatoms. The number of pyridine rings is 1. The summed E-state index contributed by atoms with van der Waals surface area (Å²) in [5.74, 6) is 0.387. The zero-order valence-corrected chi connectivity index (χ0v) is 20.6. The fraction of sp³-hybridized carbons (Fsp3) is 0.464. The lowest BCUT2D eigenvalue weighted by atomic mass is 9.89. The van der Waals surface area contributed by atoms with Gasteiger partial charge < -0.3 is 10.6 Å². The molecule has 3 heterocycles. The Kier molecular flexibility index (Phi) is 9.40. The van der Waals surface area contributed by atoms with Crippen molar-refractivity contribution in [1.29, 1.82) is 0 Å². The van der Waals surface area contributed by atoms with Gasteiger partial charge in [-0.2, -0.15) is 0 Å². The molecule has 2 N–H and O–H groups in total. The number of ketones is 1. The van der Waals surface area contributed by atoms with Crippen molar-refractivity contribution in [1.82, 2.24) is 14.8 Å². The highest BCUT2D eigenvalue weighted by atomic mass is 16.2. The fourth-order valence-electron chi connectivity index (χ4n) is 4.74. The molecule has 0 saturated carbocycles. The van der Waals surface area contributed by atoms with Gasteiger partial charge in [-0.1, -0.05) is 36.9 Å². The Morgan fingerprint density at radius 3 is 2.35 bits per heavy atom. The summed E-state index contributed by atoms with van der Waals surface area (Å²) < 4.78 is 0. The van der Waals surface area contributed by atoms with Gasteiger partial charge in [0.15, 0.2) is 5.78 Å². The molecule has 1 aromatic rings. The first-order valence-electron chi connectivity index (χ1n) is 12.3. The van der Waals surface area contributed by atoms with Crippen LogP contribution in [0, 0.1) is 18.8 Å². The van der Waals surface area contributed by atoms with Crippen molar-refractivity contribution < 1.29 is 9.59 Å². The van der Waals surface area contributed by atoms with E-state index < -0.39 is 0 Å². The number of carbonyl (C=O) groups excluding carboxylic acids is 2. The molecule has 0 unspecified atom stereocenters. The standard InChI is InChI=1S/C28H38N4O2/c1-4-5-6-7-23(18-22(3)29)20-31-14-10-25(11-15-31)28(34)32-16-12-24(13-17-32)27(33)26-9-8-21(2)19-30-26/h4-9,18-19,24-25H,1,10-17,20,29H2,2-3H3/b6-5-,22-18+,23-7+. The van der Waals surface area contributed by atoms with Crippen LogP contribution in [0.1, 0.15) is 48.7 Å². The highest BCUT2D eigenvalue weighted by Gasteiger charge is 2.33. The zero-order valence-electron chi connectivity index (χ0n) is 20.6. The van der Waals surface area contributed by atoms with Crippen molar-refractivity contribution in [2.75, 3.05) is 32.7 Å². The number of nitrogens with two attached hydrogens (primary N) is 1. The summed E-state index contributed by atoms with van der Waals surface area (Å²) in [5, 5.41) is 0. The number of Topliss-reactive ketones (excluding diaryl/α,β-unsaturated/α-hetero) is 1. The largest absolute Gasteiger partial charge is 0.402 e. The van der Waals surface area contributed by atoms with Gasteiger partial charge in [-0.05, 0) is 75.9 Å². The molecule has 2 fully saturated rings. The highest BCUT2D eigenvalue weighted by molar-refractivity contribution is 5.96. The molecule has 182 valence electrons. The Balaban J connectivity index is 1.47. The first-order valence-corrected chi connectivity index (χ1v) is 12.3. The number of carbonyl (C=O) groups is 2. The number of allylic oxidation sites excluding steroid dienone is 5. The summed E-state index contributed by atoms with van der Waals surface area (Å²) in [4.78, 5) is 34.6. The van der Waals surface area contributed by atoms with Gasteiger partial charge in [0.1, 0.15) is 5.69 Å². The van der Waals surface area contributed by atoms with Crippen LogP contribution in [0.2, 0.25) is 0 Å². The van der Waals surface area contributed by atoms with Gasteiger partial charge >= 0.3 is 0 Å². The summed E-state index contributed by atoms with van der Waals surface area (Å²) in [6.45, 7) is 11.5. The number of likely N-dealkylation sites (tertiary alicyclic amines) is 2. The van der Waals surface area contributed by atoms with Crippen LogP contribution in [-0.2, 0) is 4.79 Å². The van der Waals surface area contributed by atoms with Crippen LogP contribution in [0.5, 0.6) is 0 Å². The van der Waals surface area contributed by atoms with Crippen molar-refractivity contribution in [3.63, 3.8) is 0 Å². The number of hydrogen-bond acceptors (Lipinski definition) is 5. The second-order valence-electron chi connectivity index (χ2n) is 9.49. The minimum absolute atomic E-state index is 0.0412. The third-order valence-corrected chi connectivity index (χ3v) is 6.65. The number of aryl methyl sites for hydroxylation is 1. The maximum absolute atomic E-state index is 13.1. The van der Waals surface area contributed by atoms with Gasteiger partial charge in [0, 0.05) is 43.4 Å². The van der Waals surface area contributed by atoms with Crippen molar-refractivity contribution >= 4 is 11.7 Å². The Labute approximate surface area is 203 Å². The van der Waals surface area contributed by atoms with Crippen LogP contribution < -0.4 is 5.73 Å². The predicted octanol–water partition coefficient (Wildman–Crippen LogP) is 4.05. The monoisotopic (exact) mass is 462 g/mol. The van der Waals surface area contributed by atoms with Gasteiger partial charge in [-0.3, -0.25) is 19.5 Å². The summed E-state index contributed by atoms with van der Waals surface area (Å²) in [6.07, 6.45) is 14.6. The minimum atomic E-state index is -0.0412. The topological polar surface area (TPSA) is 79.5 Å². The molecule has 0 spiro atoms. The summed E-state index contributed by atoms with van der Waals surface area (Å²) in [6, 6.07) is 3.74. The normalized spacial score (nSPS) is 19.5. The van der Waals surface area contributed by atoms with Crippen molar-refractivity contribution in [3.05, 3.63) is 77.8 Å². The Morgan fingerprint density at radius 2 is 1.76 bits per heavy atom. The van der Waals surface area contributed by atoms with E-state index in [1.807, 2.05) is 49.1 Å². The molecule has 0 aliphatic carbocycles. The van der Waals surface area contributed by atoms with E-state index >= 15 is 0 Å². The molecule has 34 heavy (non-hydrogen) atoms. The first-order chi connectivity index (χ1) is 16.4. The van der Waals surface area contributed by atoms with Crippen LogP contribution in [0.4, 0.5) is 0 Å². The number of aromatic nitrogens is 1. The molecule has 2 aliphatic rings. The number of piperidine rings is 2. The summed E-state index contributed by atoms with van der Waals surface area (Å²) >= 11 is 0. The number of rotatable bonds is 8. The van der Waals surface area contributed by atoms with Crippen LogP contribution in [-0.4, -0.2) is 59.2 Å². The van der Waals surface area contributed by atoms with Gasteiger partial charge in [0.05, 0.1) is 0 Å². The highest BCUT2D eigenvalue weighted by Crippen LogP contribution is 2.26. The number of hydrogen-bond donors (Lipinski definition) is 1. The molecule has 2 saturated heterocycles. The van der Waals surface area contributed by atoms with E-state index in [2.05, 4.69) is 22.5 Å². The molecule has 1 amide bonds. The molecule has 6 nitrogen and oxygen atoms in total. The maximum Gasteiger partial charge on any atom is 0.225 e. The van der Waals surface area contributed by atoms with E-state index in [-0.39, 0.29) is 23.5 Å². The molecular weight excluding hydrogens is 424 g/mol. The Morgan fingerprint density at radius 1 is 1.09 bits per heavy atom.